The molecule has 0 bridgehead atoms. The highest BCUT2D eigenvalue weighted by Crippen LogP contribution is 2.24. The molecule has 0 aliphatic carbocycles. The maximum atomic E-state index is 12.7. The van der Waals surface area contributed by atoms with Crippen molar-refractivity contribution in [3.05, 3.63) is 58.4 Å². The number of imide groups is 1. The molecule has 3 aromatic rings. The monoisotopic (exact) mass is 423 g/mol. The van der Waals surface area contributed by atoms with E-state index in [0.717, 1.165) is 27.3 Å². The van der Waals surface area contributed by atoms with Gasteiger partial charge in [0.2, 0.25) is 0 Å². The molecule has 0 fully saturated rings. The highest BCUT2D eigenvalue weighted by atomic mass is 32.1. The molecule has 0 unspecified atom stereocenters. The van der Waals surface area contributed by atoms with Crippen LogP contribution in [0.25, 0.3) is 10.2 Å². The third-order valence-corrected chi connectivity index (χ3v) is 5.85. The summed E-state index contributed by atoms with van der Waals surface area (Å²) in [4.78, 5) is 43.4. The minimum absolute atomic E-state index is 0.321. The zero-order chi connectivity index (χ0) is 21.3. The molecule has 0 spiro atoms. The lowest BCUT2D eigenvalue weighted by Gasteiger charge is -2.10. The van der Waals surface area contributed by atoms with Crippen molar-refractivity contribution >= 4 is 39.3 Å². The van der Waals surface area contributed by atoms with Gasteiger partial charge < -0.3 is 9.30 Å². The topological polar surface area (TPSA) is 81.0 Å². The first-order valence-corrected chi connectivity index (χ1v) is 10.6. The van der Waals surface area contributed by atoms with Gasteiger partial charge in [0.05, 0.1) is 28.0 Å². The first-order chi connectivity index (χ1) is 14.5. The predicted octanol–water partition coefficient (Wildman–Crippen LogP) is 3.24. The number of hydrogen-bond acceptors (Lipinski definition) is 5. The Labute approximate surface area is 177 Å². The molecule has 8 heteroatoms. The Kier molecular flexibility index (Phi) is 5.50. The first kappa shape index (κ1) is 20.0. The van der Waals surface area contributed by atoms with E-state index in [1.807, 2.05) is 29.7 Å². The van der Waals surface area contributed by atoms with Gasteiger partial charge in [-0.25, -0.2) is 0 Å². The summed E-state index contributed by atoms with van der Waals surface area (Å²) in [5.41, 5.74) is 1.61. The average Bonchev–Trinajstić information content (AvgIpc) is 3.18. The van der Waals surface area contributed by atoms with Gasteiger partial charge in [0.1, 0.15) is 12.3 Å². The molecule has 1 aliphatic rings. The molecule has 2 aromatic carbocycles. The van der Waals surface area contributed by atoms with E-state index in [1.54, 1.807) is 24.3 Å². The van der Waals surface area contributed by atoms with E-state index in [1.165, 1.54) is 11.3 Å². The lowest BCUT2D eigenvalue weighted by atomic mass is 10.1. The van der Waals surface area contributed by atoms with Crippen molar-refractivity contribution in [3.8, 4) is 5.75 Å². The van der Waals surface area contributed by atoms with Gasteiger partial charge >= 0.3 is 0 Å². The van der Waals surface area contributed by atoms with Gasteiger partial charge in [-0.05, 0) is 43.7 Å². The van der Waals surface area contributed by atoms with Gasteiger partial charge in [0, 0.05) is 6.54 Å². The summed E-state index contributed by atoms with van der Waals surface area (Å²) in [6.07, 6.45) is 0.874. The minimum Gasteiger partial charge on any atom is -0.494 e. The number of fused-ring (bicyclic) bond motifs is 2. The van der Waals surface area contributed by atoms with Gasteiger partial charge in [-0.3, -0.25) is 19.3 Å². The number of nitrogens with zero attached hydrogens (tertiary/aromatic N) is 3. The van der Waals surface area contributed by atoms with Crippen LogP contribution in [0.1, 0.15) is 41.0 Å². The predicted molar refractivity (Wildman–Crippen MR) is 114 cm³/mol. The summed E-state index contributed by atoms with van der Waals surface area (Å²) in [6, 6.07) is 12.4. The van der Waals surface area contributed by atoms with Crippen LogP contribution in [-0.4, -0.2) is 40.3 Å². The minimum atomic E-state index is -0.536. The van der Waals surface area contributed by atoms with E-state index < -0.39 is 17.7 Å². The second kappa shape index (κ2) is 8.23. The van der Waals surface area contributed by atoms with Crippen LogP contribution >= 0.6 is 11.3 Å². The Bertz CT molecular complexity index is 1190. The van der Waals surface area contributed by atoms with Gasteiger partial charge in [-0.1, -0.05) is 30.4 Å². The van der Waals surface area contributed by atoms with Crippen LogP contribution in [0.2, 0.25) is 0 Å². The van der Waals surface area contributed by atoms with E-state index in [-0.39, 0.29) is 6.54 Å². The molecule has 7 nitrogen and oxygen atoms in total. The number of ether oxygens (including phenoxy) is 1. The molecular weight excluding hydrogens is 402 g/mol. The van der Waals surface area contributed by atoms with Crippen molar-refractivity contribution < 1.29 is 19.1 Å². The molecule has 1 aliphatic heterocycles. The van der Waals surface area contributed by atoms with Crippen LogP contribution in [0.5, 0.6) is 5.75 Å². The molecule has 30 heavy (non-hydrogen) atoms. The first-order valence-electron chi connectivity index (χ1n) is 9.82. The summed E-state index contributed by atoms with van der Waals surface area (Å²) in [6.45, 7) is 4.87. The maximum absolute atomic E-state index is 12.7. The maximum Gasteiger partial charge on any atom is 0.268 e. The number of amides is 3. The van der Waals surface area contributed by atoms with Crippen LogP contribution in [0.3, 0.4) is 0 Å². The number of hydrogen-bond donors (Lipinski definition) is 0. The summed E-state index contributed by atoms with van der Waals surface area (Å²) >= 11 is 1.39. The van der Waals surface area contributed by atoms with E-state index in [4.69, 9.17) is 4.74 Å². The normalized spacial score (nSPS) is 13.9. The molecule has 2 heterocycles. The van der Waals surface area contributed by atoms with E-state index in [2.05, 4.69) is 11.9 Å². The zero-order valence-electron chi connectivity index (χ0n) is 16.8. The van der Waals surface area contributed by atoms with Gasteiger partial charge in [0.25, 0.3) is 17.7 Å². The standard InChI is InChI=1S/C22H21N3O4S/c1-3-11-24-17-10-9-14(29-4-2)12-18(17)30-22(24)23-19(26)13-25-20(27)15-7-5-6-8-16(15)21(25)28/h5-10,12H,3-4,11,13H2,1-2H3. The third-order valence-electron chi connectivity index (χ3n) is 4.80. The fourth-order valence-electron chi connectivity index (χ4n) is 3.50. The Morgan fingerprint density at radius 3 is 2.40 bits per heavy atom. The highest BCUT2D eigenvalue weighted by Gasteiger charge is 2.36. The molecule has 1 aromatic heterocycles. The second-order valence-electron chi connectivity index (χ2n) is 6.85. The number of aromatic nitrogens is 1. The summed E-state index contributed by atoms with van der Waals surface area (Å²) in [5, 5.41) is 0. The fraction of sp³-hybridized carbons (Fsp3) is 0.273. The number of benzene rings is 2. The molecule has 0 atom stereocenters. The molecule has 0 saturated carbocycles. The highest BCUT2D eigenvalue weighted by molar-refractivity contribution is 7.16. The number of carbonyl (C=O) groups excluding carboxylic acids is 3. The van der Waals surface area contributed by atoms with Crippen molar-refractivity contribution in [2.45, 2.75) is 26.8 Å². The number of rotatable bonds is 6. The lowest BCUT2D eigenvalue weighted by Crippen LogP contribution is -2.35. The van der Waals surface area contributed by atoms with Crippen LogP contribution in [0.4, 0.5) is 0 Å². The summed E-state index contributed by atoms with van der Waals surface area (Å²) < 4.78 is 8.51. The lowest BCUT2D eigenvalue weighted by molar-refractivity contribution is -0.118. The smallest absolute Gasteiger partial charge is 0.268 e. The Morgan fingerprint density at radius 1 is 1.07 bits per heavy atom. The molecular formula is C22H21N3O4S. The number of carbonyl (C=O) groups is 3. The van der Waals surface area contributed by atoms with Crippen LogP contribution < -0.4 is 9.54 Å². The largest absolute Gasteiger partial charge is 0.494 e. The van der Waals surface area contributed by atoms with E-state index >= 15 is 0 Å². The third kappa shape index (κ3) is 3.54. The van der Waals surface area contributed by atoms with Gasteiger partial charge in [-0.15, -0.1) is 0 Å². The molecule has 0 radical (unpaired) electrons. The molecule has 154 valence electrons. The van der Waals surface area contributed by atoms with Crippen LogP contribution in [0, 0.1) is 0 Å². The second-order valence-corrected chi connectivity index (χ2v) is 7.86. The van der Waals surface area contributed by atoms with Crippen molar-refractivity contribution in [1.82, 2.24) is 9.47 Å². The molecule has 0 N–H and O–H groups in total. The van der Waals surface area contributed by atoms with E-state index in [9.17, 15) is 14.4 Å². The average molecular weight is 423 g/mol. The quantitative estimate of drug-likeness (QED) is 0.570. The molecule has 4 rings (SSSR count). The fourth-order valence-corrected chi connectivity index (χ4v) is 4.60. The van der Waals surface area contributed by atoms with E-state index in [0.29, 0.717) is 29.1 Å². The van der Waals surface area contributed by atoms with Crippen molar-refractivity contribution in [1.29, 1.82) is 0 Å². The SMILES string of the molecule is CCCn1c(=NC(=O)CN2C(=O)c3ccccc3C2=O)sc2cc(OCC)ccc21. The molecule has 3 amide bonds. The van der Waals surface area contributed by atoms with Crippen LogP contribution in [0.15, 0.2) is 47.5 Å². The van der Waals surface area contributed by atoms with Gasteiger partial charge in [-0.2, -0.15) is 4.99 Å². The van der Waals surface area contributed by atoms with Crippen LogP contribution in [-0.2, 0) is 11.3 Å². The van der Waals surface area contributed by atoms with Crippen molar-refractivity contribution in [2.75, 3.05) is 13.2 Å². The van der Waals surface area contributed by atoms with Crippen molar-refractivity contribution in [3.63, 3.8) is 0 Å². The van der Waals surface area contributed by atoms with Gasteiger partial charge in [0.15, 0.2) is 4.80 Å². The number of thiazole rings is 1. The summed E-state index contributed by atoms with van der Waals surface area (Å²) in [7, 11) is 0. The number of aryl methyl sites for hydroxylation is 1. The Hall–Kier alpha value is -3.26. The Morgan fingerprint density at radius 2 is 1.77 bits per heavy atom. The zero-order valence-corrected chi connectivity index (χ0v) is 17.6. The molecule has 0 saturated heterocycles. The Balaban J connectivity index is 1.65. The van der Waals surface area contributed by atoms with Crippen molar-refractivity contribution in [2.24, 2.45) is 4.99 Å². The summed E-state index contributed by atoms with van der Waals surface area (Å²) in [5.74, 6) is -0.693.